The van der Waals surface area contributed by atoms with E-state index < -0.39 is 0 Å². The van der Waals surface area contributed by atoms with Crippen molar-refractivity contribution in [2.45, 2.75) is 33.2 Å². The van der Waals surface area contributed by atoms with E-state index in [0.29, 0.717) is 0 Å². The van der Waals surface area contributed by atoms with Crippen LogP contribution in [0.1, 0.15) is 29.5 Å². The predicted octanol–water partition coefficient (Wildman–Crippen LogP) is 2.85. The van der Waals surface area contributed by atoms with Crippen LogP contribution in [0.15, 0.2) is 28.8 Å². The monoisotopic (exact) mass is 307 g/mol. The van der Waals surface area contributed by atoms with Crippen LogP contribution in [0.3, 0.4) is 0 Å². The van der Waals surface area contributed by atoms with Crippen LogP contribution >= 0.6 is 11.3 Å². The summed E-state index contributed by atoms with van der Waals surface area (Å²) in [5, 5.41) is 6.70. The highest BCUT2D eigenvalue weighted by Crippen LogP contribution is 2.15. The highest BCUT2D eigenvalue weighted by molar-refractivity contribution is 7.11. The largest absolute Gasteiger partial charge is 0.377 e. The van der Waals surface area contributed by atoms with Crippen molar-refractivity contribution < 1.29 is 4.74 Å². The molecular weight excluding hydrogens is 282 g/mol. The Morgan fingerprint density at radius 1 is 1.38 bits per heavy atom. The number of aryl methyl sites for hydroxylation is 1. The van der Waals surface area contributed by atoms with Gasteiger partial charge in [0.25, 0.3) is 0 Å². The van der Waals surface area contributed by atoms with Crippen molar-refractivity contribution in [3.8, 4) is 0 Å². The Morgan fingerprint density at radius 2 is 2.29 bits per heavy atom. The minimum absolute atomic E-state index is 0.740. The first-order valence-electron chi connectivity index (χ1n) is 7.61. The van der Waals surface area contributed by atoms with E-state index in [9.17, 15) is 0 Å². The normalized spacial score (nSPS) is 15.7. The van der Waals surface area contributed by atoms with E-state index in [4.69, 9.17) is 4.74 Å². The Labute approximate surface area is 131 Å². The second kappa shape index (κ2) is 8.85. The molecule has 2 rings (SSSR count). The maximum atomic E-state index is 5.32. The van der Waals surface area contributed by atoms with Gasteiger partial charge in [-0.15, -0.1) is 11.3 Å². The Kier molecular flexibility index (Phi) is 6.76. The van der Waals surface area contributed by atoms with Gasteiger partial charge in [0.2, 0.25) is 0 Å². The summed E-state index contributed by atoms with van der Waals surface area (Å²) in [6.07, 6.45) is 4.32. The number of guanidine groups is 1. The predicted molar refractivity (Wildman–Crippen MR) is 90.0 cm³/mol. The summed E-state index contributed by atoms with van der Waals surface area (Å²) in [6, 6.07) is 4.30. The maximum absolute atomic E-state index is 5.32. The van der Waals surface area contributed by atoms with Gasteiger partial charge in [-0.25, -0.2) is 4.99 Å². The standard InChI is InChI=1S/C16H25N3OS/c1-3-17-16(19-12-15-5-4-13(2)21-15)18-9-6-14-7-10-20-11-8-14/h4-5,7H,3,6,8-12H2,1-2H3,(H2,17,18,19). The fraction of sp³-hybridized carbons (Fsp3) is 0.562. The third-order valence-corrected chi connectivity index (χ3v) is 4.31. The van der Waals surface area contributed by atoms with Gasteiger partial charge in [0, 0.05) is 22.8 Å². The van der Waals surface area contributed by atoms with Gasteiger partial charge in [0.15, 0.2) is 5.96 Å². The van der Waals surface area contributed by atoms with Crippen LogP contribution in [-0.4, -0.2) is 32.3 Å². The van der Waals surface area contributed by atoms with Gasteiger partial charge in [0.05, 0.1) is 19.8 Å². The molecule has 0 radical (unpaired) electrons. The molecule has 0 aliphatic carbocycles. The molecule has 0 aromatic carbocycles. The van der Waals surface area contributed by atoms with Crippen molar-refractivity contribution in [2.24, 2.45) is 4.99 Å². The average Bonchev–Trinajstić information content (AvgIpc) is 2.91. The van der Waals surface area contributed by atoms with Crippen molar-refractivity contribution in [3.05, 3.63) is 33.5 Å². The lowest BCUT2D eigenvalue weighted by atomic mass is 10.1. The number of aliphatic imine (C=N–C) groups is 1. The fourth-order valence-electron chi connectivity index (χ4n) is 2.20. The van der Waals surface area contributed by atoms with Crippen LogP contribution in [0.25, 0.3) is 0 Å². The Morgan fingerprint density at radius 3 is 2.95 bits per heavy atom. The molecule has 0 atom stereocenters. The van der Waals surface area contributed by atoms with Crippen LogP contribution in [0.2, 0.25) is 0 Å². The number of hydrogen-bond donors (Lipinski definition) is 2. The van der Waals surface area contributed by atoms with E-state index in [1.807, 2.05) is 11.3 Å². The third kappa shape index (κ3) is 5.89. The number of ether oxygens (including phenoxy) is 1. The molecule has 0 amide bonds. The average molecular weight is 307 g/mol. The first-order valence-corrected chi connectivity index (χ1v) is 8.42. The minimum atomic E-state index is 0.740. The van der Waals surface area contributed by atoms with Gasteiger partial charge in [-0.2, -0.15) is 0 Å². The molecule has 1 aromatic rings. The van der Waals surface area contributed by atoms with Gasteiger partial charge in [0.1, 0.15) is 0 Å². The van der Waals surface area contributed by atoms with Crippen molar-refractivity contribution in [1.82, 2.24) is 10.6 Å². The molecule has 0 saturated carbocycles. The summed E-state index contributed by atoms with van der Waals surface area (Å²) in [5.41, 5.74) is 1.48. The fourth-order valence-corrected chi connectivity index (χ4v) is 3.02. The number of thiophene rings is 1. The SMILES string of the molecule is CCNC(=NCc1ccc(C)s1)NCCC1=CCOCC1. The lowest BCUT2D eigenvalue weighted by molar-refractivity contribution is 0.153. The van der Waals surface area contributed by atoms with Crippen LogP contribution in [0.5, 0.6) is 0 Å². The molecule has 4 nitrogen and oxygen atoms in total. The van der Waals surface area contributed by atoms with E-state index in [-0.39, 0.29) is 0 Å². The van der Waals surface area contributed by atoms with Crippen molar-refractivity contribution in [3.63, 3.8) is 0 Å². The molecule has 1 aromatic heterocycles. The molecule has 2 heterocycles. The molecule has 5 heteroatoms. The van der Waals surface area contributed by atoms with Gasteiger partial charge in [-0.3, -0.25) is 0 Å². The zero-order chi connectivity index (χ0) is 14.9. The third-order valence-electron chi connectivity index (χ3n) is 3.33. The summed E-state index contributed by atoms with van der Waals surface area (Å²) < 4.78 is 5.32. The molecular formula is C16H25N3OS. The molecule has 0 spiro atoms. The van der Waals surface area contributed by atoms with Crippen molar-refractivity contribution in [1.29, 1.82) is 0 Å². The molecule has 0 bridgehead atoms. The number of nitrogens with one attached hydrogen (secondary N) is 2. The van der Waals surface area contributed by atoms with Gasteiger partial charge >= 0.3 is 0 Å². The highest BCUT2D eigenvalue weighted by atomic mass is 32.1. The van der Waals surface area contributed by atoms with Gasteiger partial charge in [-0.05, 0) is 38.8 Å². The molecule has 116 valence electrons. The summed E-state index contributed by atoms with van der Waals surface area (Å²) >= 11 is 1.81. The van der Waals surface area contributed by atoms with Gasteiger partial charge < -0.3 is 15.4 Å². The Balaban J connectivity index is 1.79. The first kappa shape index (κ1) is 16.0. The number of nitrogens with zero attached hydrogens (tertiary/aromatic N) is 1. The summed E-state index contributed by atoms with van der Waals surface area (Å²) in [6.45, 7) is 8.38. The van der Waals surface area contributed by atoms with Crippen molar-refractivity contribution >= 4 is 17.3 Å². The van der Waals surface area contributed by atoms with Crippen LogP contribution in [-0.2, 0) is 11.3 Å². The summed E-state index contributed by atoms with van der Waals surface area (Å²) in [4.78, 5) is 7.28. The molecule has 0 fully saturated rings. The van der Waals surface area contributed by atoms with E-state index in [2.05, 4.69) is 47.7 Å². The second-order valence-corrected chi connectivity index (χ2v) is 6.44. The topological polar surface area (TPSA) is 45.7 Å². The summed E-state index contributed by atoms with van der Waals surface area (Å²) in [5.74, 6) is 0.899. The van der Waals surface area contributed by atoms with E-state index in [1.54, 1.807) is 0 Å². The molecule has 1 aliphatic heterocycles. The lowest BCUT2D eigenvalue weighted by Gasteiger charge is -2.15. The Hall–Kier alpha value is -1.33. The zero-order valence-electron chi connectivity index (χ0n) is 12.9. The lowest BCUT2D eigenvalue weighted by Crippen LogP contribution is -2.37. The first-order chi connectivity index (χ1) is 10.3. The van der Waals surface area contributed by atoms with Crippen LogP contribution < -0.4 is 10.6 Å². The molecule has 21 heavy (non-hydrogen) atoms. The zero-order valence-corrected chi connectivity index (χ0v) is 13.8. The van der Waals surface area contributed by atoms with Gasteiger partial charge in [-0.1, -0.05) is 11.6 Å². The molecule has 0 unspecified atom stereocenters. The second-order valence-electron chi connectivity index (χ2n) is 5.07. The van der Waals surface area contributed by atoms with Crippen molar-refractivity contribution in [2.75, 3.05) is 26.3 Å². The molecule has 2 N–H and O–H groups in total. The maximum Gasteiger partial charge on any atom is 0.191 e. The minimum Gasteiger partial charge on any atom is -0.377 e. The summed E-state index contributed by atoms with van der Waals surface area (Å²) in [7, 11) is 0. The van der Waals surface area contributed by atoms with E-state index >= 15 is 0 Å². The molecule has 0 saturated heterocycles. The molecule has 1 aliphatic rings. The van der Waals surface area contributed by atoms with Crippen LogP contribution in [0, 0.1) is 6.92 Å². The number of hydrogen-bond acceptors (Lipinski definition) is 3. The van der Waals surface area contributed by atoms with E-state index in [0.717, 1.165) is 51.6 Å². The van der Waals surface area contributed by atoms with E-state index in [1.165, 1.54) is 15.3 Å². The number of rotatable bonds is 6. The smallest absolute Gasteiger partial charge is 0.191 e. The van der Waals surface area contributed by atoms with Crippen LogP contribution in [0.4, 0.5) is 0 Å². The Bertz CT molecular complexity index is 493. The quantitative estimate of drug-likeness (QED) is 0.482. The highest BCUT2D eigenvalue weighted by Gasteiger charge is 2.04.